The molecule has 0 atom stereocenters. The summed E-state index contributed by atoms with van der Waals surface area (Å²) < 4.78 is 5.33. The largest absolute Gasteiger partial charge is 0.389 e. The molecule has 3 rings (SSSR count). The molecule has 0 saturated carbocycles. The number of aromatic nitrogens is 2. The van der Waals surface area contributed by atoms with Gasteiger partial charge in [-0.2, -0.15) is 4.98 Å². The molecule has 160 valence electrons. The van der Waals surface area contributed by atoms with Gasteiger partial charge in [-0.15, -0.1) is 11.3 Å². The molecule has 1 amide bonds. The van der Waals surface area contributed by atoms with Crippen molar-refractivity contribution in [3.63, 3.8) is 0 Å². The van der Waals surface area contributed by atoms with Crippen molar-refractivity contribution >= 4 is 33.5 Å². The van der Waals surface area contributed by atoms with Gasteiger partial charge in [0.25, 0.3) is 11.9 Å². The number of nitrogens with zero attached hydrogens (tertiary/aromatic N) is 2. The van der Waals surface area contributed by atoms with Crippen LogP contribution in [-0.2, 0) is 6.54 Å². The number of rotatable bonds is 11. The predicted molar refractivity (Wildman–Crippen MR) is 120 cm³/mol. The Morgan fingerprint density at radius 3 is 2.77 bits per heavy atom. The lowest BCUT2D eigenvalue weighted by molar-refractivity contribution is 0.0954. The minimum atomic E-state index is -0.467. The average molecular weight is 429 g/mol. The topological polar surface area (TPSA) is 97.1 Å². The Balaban J connectivity index is 1.63. The maximum absolute atomic E-state index is 12.6. The monoisotopic (exact) mass is 428 g/mol. The first-order chi connectivity index (χ1) is 14.6. The number of thiophene rings is 1. The third kappa shape index (κ3) is 5.66. The van der Waals surface area contributed by atoms with Crippen LogP contribution in [0.2, 0.25) is 0 Å². The number of fused-ring (bicyclic) bond motifs is 1. The van der Waals surface area contributed by atoms with Crippen molar-refractivity contribution in [3.8, 4) is 0 Å². The molecule has 0 saturated heterocycles. The van der Waals surface area contributed by atoms with Crippen LogP contribution in [0.15, 0.2) is 33.7 Å². The summed E-state index contributed by atoms with van der Waals surface area (Å²) in [4.78, 5) is 34.5. The van der Waals surface area contributed by atoms with Crippen molar-refractivity contribution in [2.24, 2.45) is 0 Å². The van der Waals surface area contributed by atoms with Crippen LogP contribution in [0.1, 0.15) is 66.2 Å². The highest BCUT2D eigenvalue weighted by Gasteiger charge is 2.20. The van der Waals surface area contributed by atoms with E-state index in [4.69, 9.17) is 4.42 Å². The quantitative estimate of drug-likeness (QED) is 0.431. The van der Waals surface area contributed by atoms with Crippen molar-refractivity contribution in [1.29, 1.82) is 0 Å². The van der Waals surface area contributed by atoms with Gasteiger partial charge < -0.3 is 15.1 Å². The van der Waals surface area contributed by atoms with Crippen LogP contribution in [0.5, 0.6) is 0 Å². The van der Waals surface area contributed by atoms with Crippen LogP contribution in [0.4, 0.5) is 6.01 Å². The third-order valence-corrected chi connectivity index (χ3v) is 6.10. The van der Waals surface area contributed by atoms with Crippen molar-refractivity contribution in [2.45, 2.75) is 58.9 Å². The Morgan fingerprint density at radius 2 is 2.00 bits per heavy atom. The van der Waals surface area contributed by atoms with Crippen molar-refractivity contribution in [1.82, 2.24) is 15.3 Å². The van der Waals surface area contributed by atoms with Crippen LogP contribution in [-0.4, -0.2) is 22.4 Å². The summed E-state index contributed by atoms with van der Waals surface area (Å²) in [5.74, 6) is -0.236. The molecule has 7 nitrogen and oxygen atoms in total. The summed E-state index contributed by atoms with van der Waals surface area (Å²) in [5.41, 5.74) is 1.04. The van der Waals surface area contributed by atoms with Crippen molar-refractivity contribution < 1.29 is 9.21 Å². The van der Waals surface area contributed by atoms with E-state index in [1.54, 1.807) is 19.3 Å². The van der Waals surface area contributed by atoms with Crippen LogP contribution in [0.25, 0.3) is 10.2 Å². The highest BCUT2D eigenvalue weighted by molar-refractivity contribution is 7.20. The third-order valence-electron chi connectivity index (χ3n) is 4.91. The standard InChI is InChI=1S/C22H28N4O3S/c1-3-4-5-6-7-8-12-24-22-26-20-17(21(28)29-22)15(2)18(30-20)19(27)25-14-16-10-9-11-23-13-16/h9-11,13H,3-8,12,14H2,1-2H3,(H,24,26)(H,25,27). The number of hydrogen-bond donors (Lipinski definition) is 2. The lowest BCUT2D eigenvalue weighted by Crippen LogP contribution is -2.22. The van der Waals surface area contributed by atoms with E-state index >= 15 is 0 Å². The lowest BCUT2D eigenvalue weighted by Gasteiger charge is -2.04. The first kappa shape index (κ1) is 22.0. The maximum Gasteiger partial charge on any atom is 0.349 e. The van der Waals surface area contributed by atoms with Crippen LogP contribution >= 0.6 is 11.3 Å². The van der Waals surface area contributed by atoms with E-state index in [1.807, 2.05) is 12.1 Å². The summed E-state index contributed by atoms with van der Waals surface area (Å²) in [7, 11) is 0. The highest BCUT2D eigenvalue weighted by atomic mass is 32.1. The number of carbonyl (C=O) groups is 1. The van der Waals surface area contributed by atoms with Gasteiger partial charge in [-0.05, 0) is 30.5 Å². The van der Waals surface area contributed by atoms with Gasteiger partial charge in [0, 0.05) is 25.5 Å². The fourth-order valence-electron chi connectivity index (χ4n) is 3.23. The molecule has 0 spiro atoms. The number of pyridine rings is 1. The zero-order valence-corrected chi connectivity index (χ0v) is 18.3. The fraction of sp³-hybridized carbons (Fsp3) is 0.455. The zero-order chi connectivity index (χ0) is 21.3. The lowest BCUT2D eigenvalue weighted by atomic mass is 10.1. The molecule has 0 fully saturated rings. The summed E-state index contributed by atoms with van der Waals surface area (Å²) >= 11 is 1.21. The van der Waals surface area contributed by atoms with E-state index in [2.05, 4.69) is 27.5 Å². The molecule has 0 aromatic carbocycles. The molecule has 3 heterocycles. The number of unbranched alkanes of at least 4 members (excludes halogenated alkanes) is 5. The predicted octanol–water partition coefficient (Wildman–Crippen LogP) is 4.66. The highest BCUT2D eigenvalue weighted by Crippen LogP contribution is 2.28. The molecule has 0 bridgehead atoms. The molecule has 0 unspecified atom stereocenters. The number of anilines is 1. The van der Waals surface area contributed by atoms with Crippen LogP contribution < -0.4 is 16.3 Å². The molecule has 0 aliphatic heterocycles. The van der Waals surface area contributed by atoms with Crippen LogP contribution in [0.3, 0.4) is 0 Å². The average Bonchev–Trinajstić information content (AvgIpc) is 3.09. The molecule has 8 heteroatoms. The first-order valence-corrected chi connectivity index (χ1v) is 11.3. The molecule has 0 aliphatic rings. The minimum Gasteiger partial charge on any atom is -0.389 e. The number of nitrogens with one attached hydrogen (secondary N) is 2. The van der Waals surface area contributed by atoms with E-state index in [-0.39, 0.29) is 11.9 Å². The number of aryl methyl sites for hydroxylation is 1. The molecule has 0 radical (unpaired) electrons. The van der Waals surface area contributed by atoms with Gasteiger partial charge in [0.05, 0.1) is 4.88 Å². The Kier molecular flexibility index (Phi) is 7.96. The fourth-order valence-corrected chi connectivity index (χ4v) is 4.31. The number of amides is 1. The summed E-state index contributed by atoms with van der Waals surface area (Å²) in [6.45, 7) is 5.02. The first-order valence-electron chi connectivity index (χ1n) is 10.5. The number of hydrogen-bond acceptors (Lipinski definition) is 7. The second kappa shape index (κ2) is 10.9. The normalized spacial score (nSPS) is 11.0. The molecular formula is C22H28N4O3S. The van der Waals surface area contributed by atoms with Crippen molar-refractivity contribution in [2.75, 3.05) is 11.9 Å². The Morgan fingerprint density at radius 1 is 1.20 bits per heavy atom. The maximum atomic E-state index is 12.6. The summed E-state index contributed by atoms with van der Waals surface area (Å²) in [6, 6.07) is 3.92. The molecule has 2 N–H and O–H groups in total. The van der Waals surface area contributed by atoms with Gasteiger partial charge in [-0.1, -0.05) is 45.1 Å². The Labute approximate surface area is 179 Å². The number of carbonyl (C=O) groups excluding carboxylic acids is 1. The molecule has 30 heavy (non-hydrogen) atoms. The molecular weight excluding hydrogens is 400 g/mol. The van der Waals surface area contributed by atoms with Gasteiger partial charge >= 0.3 is 5.63 Å². The van der Waals surface area contributed by atoms with E-state index in [9.17, 15) is 9.59 Å². The second-order valence-electron chi connectivity index (χ2n) is 7.28. The molecule has 0 aliphatic carbocycles. The molecule has 3 aromatic heterocycles. The summed E-state index contributed by atoms with van der Waals surface area (Å²) in [5, 5.41) is 6.34. The van der Waals surface area contributed by atoms with Crippen molar-refractivity contribution in [3.05, 3.63) is 51.0 Å². The zero-order valence-electron chi connectivity index (χ0n) is 17.5. The van der Waals surface area contributed by atoms with E-state index < -0.39 is 5.63 Å². The van der Waals surface area contributed by atoms with E-state index in [0.29, 0.717) is 33.7 Å². The Hall–Kier alpha value is -2.74. The van der Waals surface area contributed by atoms with Crippen LogP contribution in [0, 0.1) is 6.92 Å². The van der Waals surface area contributed by atoms with Gasteiger partial charge in [-0.3, -0.25) is 9.78 Å². The smallest absolute Gasteiger partial charge is 0.349 e. The SMILES string of the molecule is CCCCCCCCNc1nc2sc(C(=O)NCc3cccnc3)c(C)c2c(=O)o1. The van der Waals surface area contributed by atoms with E-state index in [1.165, 1.54) is 37.0 Å². The van der Waals surface area contributed by atoms with Gasteiger partial charge in [0.1, 0.15) is 10.2 Å². The second-order valence-corrected chi connectivity index (χ2v) is 8.28. The molecule has 3 aromatic rings. The van der Waals surface area contributed by atoms with E-state index in [0.717, 1.165) is 18.4 Å². The van der Waals surface area contributed by atoms with Gasteiger partial charge in [-0.25, -0.2) is 4.79 Å². The minimum absolute atomic E-state index is 0.213. The Bertz CT molecular complexity index is 1030. The summed E-state index contributed by atoms with van der Waals surface area (Å²) in [6.07, 6.45) is 10.5. The van der Waals surface area contributed by atoms with Gasteiger partial charge in [0.2, 0.25) is 0 Å². The van der Waals surface area contributed by atoms with Gasteiger partial charge in [0.15, 0.2) is 0 Å².